The van der Waals surface area contributed by atoms with Crippen molar-refractivity contribution < 1.29 is 13.9 Å². The smallest absolute Gasteiger partial charge is 0.275 e. The van der Waals surface area contributed by atoms with E-state index in [-0.39, 0.29) is 23.3 Å². The molecule has 1 saturated heterocycles. The van der Waals surface area contributed by atoms with E-state index in [1.807, 2.05) is 12.1 Å². The minimum Gasteiger partial charge on any atom is -0.494 e. The Labute approximate surface area is 178 Å². The fraction of sp³-hybridized carbons (Fsp3) is 0.348. The van der Waals surface area contributed by atoms with Gasteiger partial charge in [-0.1, -0.05) is 18.2 Å². The SMILES string of the molecule is COc1cc(F)ccc1N1CCN(C(=O)c2nn(C3CC3)c(=O)c3ccccc23)CC1. The van der Waals surface area contributed by atoms with Crippen molar-refractivity contribution in [1.82, 2.24) is 14.7 Å². The average molecular weight is 422 g/mol. The van der Waals surface area contributed by atoms with Crippen molar-refractivity contribution >= 4 is 22.4 Å². The molecule has 0 unspecified atom stereocenters. The molecule has 3 aromatic rings. The molecule has 2 aliphatic rings. The van der Waals surface area contributed by atoms with E-state index in [0.29, 0.717) is 48.4 Å². The second-order valence-electron chi connectivity index (χ2n) is 7.97. The maximum absolute atomic E-state index is 13.5. The molecule has 2 heterocycles. The topological polar surface area (TPSA) is 67.7 Å². The zero-order chi connectivity index (χ0) is 21.5. The molecule has 2 aromatic carbocycles. The fourth-order valence-corrected chi connectivity index (χ4v) is 4.14. The Bertz CT molecular complexity index is 1210. The van der Waals surface area contributed by atoms with Gasteiger partial charge in [0.25, 0.3) is 11.5 Å². The van der Waals surface area contributed by atoms with Crippen LogP contribution in [0.4, 0.5) is 10.1 Å². The van der Waals surface area contributed by atoms with Crippen LogP contribution in [0.1, 0.15) is 29.4 Å². The molecule has 1 aliphatic carbocycles. The van der Waals surface area contributed by atoms with Crippen molar-refractivity contribution in [1.29, 1.82) is 0 Å². The van der Waals surface area contributed by atoms with E-state index < -0.39 is 0 Å². The summed E-state index contributed by atoms with van der Waals surface area (Å²) in [5, 5.41) is 5.61. The Hall–Kier alpha value is -3.42. The fourth-order valence-electron chi connectivity index (χ4n) is 4.14. The summed E-state index contributed by atoms with van der Waals surface area (Å²) in [7, 11) is 1.52. The summed E-state index contributed by atoms with van der Waals surface area (Å²) in [5.74, 6) is -0.0431. The number of fused-ring (bicyclic) bond motifs is 1. The highest BCUT2D eigenvalue weighted by Gasteiger charge is 2.31. The van der Waals surface area contributed by atoms with Gasteiger partial charge in [-0.2, -0.15) is 5.10 Å². The van der Waals surface area contributed by atoms with Gasteiger partial charge in [0.1, 0.15) is 11.6 Å². The summed E-state index contributed by atoms with van der Waals surface area (Å²) < 4.78 is 20.3. The lowest BCUT2D eigenvalue weighted by atomic mass is 10.1. The number of carbonyl (C=O) groups excluding carboxylic acids is 1. The number of benzene rings is 2. The molecular formula is C23H23FN4O3. The van der Waals surface area contributed by atoms with Crippen molar-refractivity contribution in [3.8, 4) is 5.75 Å². The summed E-state index contributed by atoms with van der Waals surface area (Å²) >= 11 is 0. The number of rotatable bonds is 4. The van der Waals surface area contributed by atoms with Crippen LogP contribution in [0, 0.1) is 5.82 Å². The Morgan fingerprint density at radius 2 is 1.77 bits per heavy atom. The van der Waals surface area contributed by atoms with Gasteiger partial charge in [0.2, 0.25) is 0 Å². The first kappa shape index (κ1) is 19.5. The van der Waals surface area contributed by atoms with Crippen LogP contribution < -0.4 is 15.2 Å². The van der Waals surface area contributed by atoms with Crippen molar-refractivity contribution in [2.45, 2.75) is 18.9 Å². The summed E-state index contributed by atoms with van der Waals surface area (Å²) in [6.07, 6.45) is 1.83. The summed E-state index contributed by atoms with van der Waals surface area (Å²) in [5.41, 5.74) is 1.000. The van der Waals surface area contributed by atoms with Crippen molar-refractivity contribution in [2.24, 2.45) is 0 Å². The van der Waals surface area contributed by atoms with Crippen LogP contribution in [0.15, 0.2) is 47.3 Å². The summed E-state index contributed by atoms with van der Waals surface area (Å²) in [4.78, 5) is 30.0. The largest absolute Gasteiger partial charge is 0.494 e. The number of hydrogen-bond donors (Lipinski definition) is 0. The maximum Gasteiger partial charge on any atom is 0.275 e. The summed E-state index contributed by atoms with van der Waals surface area (Å²) in [6.45, 7) is 2.18. The third kappa shape index (κ3) is 3.52. The molecule has 7 nitrogen and oxygen atoms in total. The van der Waals surface area contributed by atoms with Crippen molar-refractivity contribution in [3.05, 3.63) is 64.3 Å². The van der Waals surface area contributed by atoms with Crippen molar-refractivity contribution in [3.63, 3.8) is 0 Å². The van der Waals surface area contributed by atoms with Gasteiger partial charge in [0.05, 0.1) is 24.2 Å². The Morgan fingerprint density at radius 1 is 1.06 bits per heavy atom. The highest BCUT2D eigenvalue weighted by atomic mass is 19.1. The minimum absolute atomic E-state index is 0.0893. The van der Waals surface area contributed by atoms with Crippen LogP contribution in [-0.4, -0.2) is 53.9 Å². The predicted molar refractivity (Wildman–Crippen MR) is 115 cm³/mol. The molecular weight excluding hydrogens is 399 g/mol. The predicted octanol–water partition coefficient (Wildman–Crippen LogP) is 2.84. The van der Waals surface area contributed by atoms with Gasteiger partial charge in [-0.25, -0.2) is 9.07 Å². The van der Waals surface area contributed by atoms with Crippen LogP contribution >= 0.6 is 0 Å². The molecule has 5 rings (SSSR count). The molecule has 0 bridgehead atoms. The number of amides is 1. The minimum atomic E-state index is -0.349. The lowest BCUT2D eigenvalue weighted by molar-refractivity contribution is 0.0740. The molecule has 160 valence electrons. The number of carbonyl (C=O) groups is 1. The average Bonchev–Trinajstić information content (AvgIpc) is 3.64. The van der Waals surface area contributed by atoms with E-state index in [1.54, 1.807) is 23.1 Å². The standard InChI is InChI=1S/C23H23FN4O3/c1-31-20-14-15(24)6-9-19(20)26-10-12-27(13-11-26)23(30)21-17-4-2-3-5-18(17)22(29)28(25-21)16-7-8-16/h2-6,9,14,16H,7-8,10-13H2,1H3. The van der Waals surface area contributed by atoms with E-state index in [4.69, 9.17) is 4.74 Å². The monoisotopic (exact) mass is 422 g/mol. The molecule has 2 fully saturated rings. The number of anilines is 1. The summed E-state index contributed by atoms with van der Waals surface area (Å²) in [6, 6.07) is 11.7. The number of halogens is 1. The molecule has 8 heteroatoms. The highest BCUT2D eigenvalue weighted by Crippen LogP contribution is 2.33. The molecule has 0 radical (unpaired) electrons. The molecule has 1 aromatic heterocycles. The van der Waals surface area contributed by atoms with Gasteiger partial charge < -0.3 is 14.5 Å². The van der Waals surface area contributed by atoms with Gasteiger partial charge >= 0.3 is 0 Å². The van der Waals surface area contributed by atoms with Crippen LogP contribution in [0.5, 0.6) is 5.75 Å². The molecule has 1 aliphatic heterocycles. The molecule has 0 atom stereocenters. The first-order valence-electron chi connectivity index (χ1n) is 10.5. The Balaban J connectivity index is 1.41. The lowest BCUT2D eigenvalue weighted by Crippen LogP contribution is -2.49. The normalized spacial score (nSPS) is 16.6. The first-order chi connectivity index (χ1) is 15.1. The quantitative estimate of drug-likeness (QED) is 0.647. The Morgan fingerprint density at radius 3 is 2.45 bits per heavy atom. The number of ether oxygens (including phenoxy) is 1. The number of hydrogen-bond acceptors (Lipinski definition) is 5. The van der Waals surface area contributed by atoms with Crippen LogP contribution in [0.25, 0.3) is 10.8 Å². The van der Waals surface area contributed by atoms with E-state index >= 15 is 0 Å². The van der Waals surface area contributed by atoms with Gasteiger partial charge in [-0.05, 0) is 31.0 Å². The van der Waals surface area contributed by atoms with Gasteiger partial charge in [0.15, 0.2) is 5.69 Å². The molecule has 1 saturated carbocycles. The Kier molecular flexibility index (Phi) is 4.84. The zero-order valence-electron chi connectivity index (χ0n) is 17.3. The molecule has 0 N–H and O–H groups in total. The van der Waals surface area contributed by atoms with E-state index in [1.165, 1.54) is 23.9 Å². The van der Waals surface area contributed by atoms with Crippen LogP contribution in [0.3, 0.4) is 0 Å². The zero-order valence-corrected chi connectivity index (χ0v) is 17.3. The molecule has 31 heavy (non-hydrogen) atoms. The second-order valence-corrected chi connectivity index (χ2v) is 7.97. The highest BCUT2D eigenvalue weighted by molar-refractivity contribution is 6.04. The van der Waals surface area contributed by atoms with Crippen molar-refractivity contribution in [2.75, 3.05) is 38.2 Å². The number of aromatic nitrogens is 2. The third-order valence-electron chi connectivity index (χ3n) is 5.97. The maximum atomic E-state index is 13.5. The van der Waals surface area contributed by atoms with Crippen LogP contribution in [0.2, 0.25) is 0 Å². The van der Waals surface area contributed by atoms with Crippen LogP contribution in [-0.2, 0) is 0 Å². The number of nitrogens with zero attached hydrogens (tertiary/aromatic N) is 4. The number of methoxy groups -OCH3 is 1. The van der Waals surface area contributed by atoms with Gasteiger partial charge in [-0.15, -0.1) is 0 Å². The first-order valence-corrected chi connectivity index (χ1v) is 10.5. The molecule has 1 amide bonds. The lowest BCUT2D eigenvalue weighted by Gasteiger charge is -2.36. The van der Waals surface area contributed by atoms with Gasteiger partial charge in [0, 0.05) is 37.6 Å². The van der Waals surface area contributed by atoms with E-state index in [9.17, 15) is 14.0 Å². The van der Waals surface area contributed by atoms with Gasteiger partial charge in [-0.3, -0.25) is 9.59 Å². The second kappa shape index (κ2) is 7.68. The number of piperazine rings is 1. The molecule has 0 spiro atoms. The van der Waals surface area contributed by atoms with E-state index in [2.05, 4.69) is 10.00 Å². The third-order valence-corrected chi connectivity index (χ3v) is 5.97. The van der Waals surface area contributed by atoms with E-state index in [0.717, 1.165) is 18.5 Å².